The van der Waals surface area contributed by atoms with E-state index in [9.17, 15) is 4.79 Å². The minimum absolute atomic E-state index is 0.0190. The highest BCUT2D eigenvalue weighted by molar-refractivity contribution is 5.88. The fraction of sp³-hybridized carbons (Fsp3) is 0.632. The Hall–Kier alpha value is -1.55. The Bertz CT molecular complexity index is 555. The molecule has 1 heterocycles. The molecule has 0 bridgehead atoms. The number of methoxy groups -OCH3 is 1. The molecule has 1 saturated carbocycles. The minimum atomic E-state index is -0.535. The second-order valence-electron chi connectivity index (χ2n) is 7.57. The molecule has 1 aliphatic carbocycles. The summed E-state index contributed by atoms with van der Waals surface area (Å²) >= 11 is 0. The summed E-state index contributed by atoms with van der Waals surface area (Å²) in [4.78, 5) is 15.4. The van der Waals surface area contributed by atoms with Gasteiger partial charge in [0.1, 0.15) is 5.75 Å². The number of hydrogen-bond donors (Lipinski definition) is 1. The molecule has 126 valence electrons. The predicted octanol–water partition coefficient (Wildman–Crippen LogP) is 2.72. The zero-order valence-electron chi connectivity index (χ0n) is 14.5. The van der Waals surface area contributed by atoms with E-state index in [2.05, 4.69) is 10.2 Å². The Kier molecular flexibility index (Phi) is 4.37. The predicted molar refractivity (Wildman–Crippen MR) is 91.8 cm³/mol. The van der Waals surface area contributed by atoms with Crippen LogP contribution in [-0.2, 0) is 10.2 Å². The first-order valence-electron chi connectivity index (χ1n) is 8.65. The largest absolute Gasteiger partial charge is 0.497 e. The monoisotopic (exact) mass is 316 g/mol. The Labute approximate surface area is 139 Å². The maximum Gasteiger partial charge on any atom is 0.230 e. The normalized spacial score (nSPS) is 20.3. The number of hydrogen-bond acceptors (Lipinski definition) is 3. The SMILES string of the molecule is COc1ccc(C(C)(C)C(=O)NC2(CN3CCCC3)CC2)cc1. The number of nitrogens with one attached hydrogen (secondary N) is 1. The van der Waals surface area contributed by atoms with Crippen molar-refractivity contribution >= 4 is 5.91 Å². The van der Waals surface area contributed by atoms with Gasteiger partial charge in [-0.25, -0.2) is 0 Å². The van der Waals surface area contributed by atoms with Crippen molar-refractivity contribution in [1.29, 1.82) is 0 Å². The lowest BCUT2D eigenvalue weighted by Crippen LogP contribution is -2.50. The first-order chi connectivity index (χ1) is 11.0. The number of nitrogens with zero attached hydrogens (tertiary/aromatic N) is 1. The maximum absolute atomic E-state index is 12.9. The van der Waals surface area contributed by atoms with Crippen LogP contribution >= 0.6 is 0 Å². The third-order valence-corrected chi connectivity index (χ3v) is 5.34. The van der Waals surface area contributed by atoms with Crippen molar-refractivity contribution in [3.63, 3.8) is 0 Å². The summed E-state index contributed by atoms with van der Waals surface area (Å²) in [6.45, 7) is 7.36. The second kappa shape index (κ2) is 6.16. The van der Waals surface area contributed by atoms with E-state index in [1.54, 1.807) is 7.11 Å². The van der Waals surface area contributed by atoms with Crippen LogP contribution in [0.25, 0.3) is 0 Å². The standard InChI is InChI=1S/C19H28N2O2/c1-18(2,15-6-8-16(23-3)9-7-15)17(22)20-19(10-11-19)14-21-12-4-5-13-21/h6-9H,4-5,10-14H2,1-3H3,(H,20,22). The molecule has 0 spiro atoms. The molecule has 1 aliphatic heterocycles. The van der Waals surface area contributed by atoms with E-state index in [1.165, 1.54) is 25.9 Å². The van der Waals surface area contributed by atoms with E-state index < -0.39 is 5.41 Å². The molecule has 4 heteroatoms. The topological polar surface area (TPSA) is 41.6 Å². The lowest BCUT2D eigenvalue weighted by atomic mass is 9.83. The van der Waals surface area contributed by atoms with Crippen molar-refractivity contribution in [1.82, 2.24) is 10.2 Å². The van der Waals surface area contributed by atoms with Gasteiger partial charge in [0.15, 0.2) is 0 Å². The van der Waals surface area contributed by atoms with Crippen molar-refractivity contribution in [2.45, 2.75) is 50.5 Å². The molecule has 0 aromatic heterocycles. The van der Waals surface area contributed by atoms with Gasteiger partial charge in [0.2, 0.25) is 5.91 Å². The summed E-state index contributed by atoms with van der Waals surface area (Å²) < 4.78 is 5.20. The van der Waals surface area contributed by atoms with Gasteiger partial charge in [0.25, 0.3) is 0 Å². The zero-order valence-corrected chi connectivity index (χ0v) is 14.5. The van der Waals surface area contributed by atoms with E-state index in [0.29, 0.717) is 0 Å². The van der Waals surface area contributed by atoms with Crippen LogP contribution in [0.1, 0.15) is 45.1 Å². The van der Waals surface area contributed by atoms with Crippen LogP contribution in [0.4, 0.5) is 0 Å². The summed E-state index contributed by atoms with van der Waals surface area (Å²) in [5, 5.41) is 3.35. The minimum Gasteiger partial charge on any atom is -0.497 e. The van der Waals surface area contributed by atoms with Gasteiger partial charge >= 0.3 is 0 Å². The molecule has 2 aliphatic rings. The van der Waals surface area contributed by atoms with Gasteiger partial charge in [-0.05, 0) is 70.3 Å². The Morgan fingerprint density at radius 2 is 1.83 bits per heavy atom. The summed E-state index contributed by atoms with van der Waals surface area (Å²) in [5.74, 6) is 0.942. The molecular weight excluding hydrogens is 288 g/mol. The van der Waals surface area contributed by atoms with Crippen LogP contribution in [0.3, 0.4) is 0 Å². The fourth-order valence-electron chi connectivity index (χ4n) is 3.38. The van der Waals surface area contributed by atoms with E-state index in [0.717, 1.165) is 30.7 Å². The van der Waals surface area contributed by atoms with E-state index >= 15 is 0 Å². The molecule has 2 fully saturated rings. The van der Waals surface area contributed by atoms with Crippen LogP contribution < -0.4 is 10.1 Å². The number of carbonyl (C=O) groups is 1. The average molecular weight is 316 g/mol. The van der Waals surface area contributed by atoms with Crippen molar-refractivity contribution < 1.29 is 9.53 Å². The molecule has 1 N–H and O–H groups in total. The highest BCUT2D eigenvalue weighted by Crippen LogP contribution is 2.38. The van der Waals surface area contributed by atoms with E-state index in [-0.39, 0.29) is 11.4 Å². The maximum atomic E-state index is 12.9. The van der Waals surface area contributed by atoms with Crippen molar-refractivity contribution in [2.75, 3.05) is 26.7 Å². The van der Waals surface area contributed by atoms with Gasteiger partial charge in [-0.15, -0.1) is 0 Å². The van der Waals surface area contributed by atoms with Gasteiger partial charge in [-0.3, -0.25) is 4.79 Å². The van der Waals surface area contributed by atoms with Crippen molar-refractivity contribution in [3.8, 4) is 5.75 Å². The molecule has 1 amide bonds. The second-order valence-corrected chi connectivity index (χ2v) is 7.57. The Balaban J connectivity index is 1.65. The van der Waals surface area contributed by atoms with E-state index in [1.807, 2.05) is 38.1 Å². The summed E-state index contributed by atoms with van der Waals surface area (Å²) in [7, 11) is 1.65. The van der Waals surface area contributed by atoms with Crippen LogP contribution in [-0.4, -0.2) is 43.1 Å². The van der Waals surface area contributed by atoms with Crippen LogP contribution in [0.2, 0.25) is 0 Å². The van der Waals surface area contributed by atoms with E-state index in [4.69, 9.17) is 4.74 Å². The van der Waals surface area contributed by atoms with Gasteiger partial charge in [-0.2, -0.15) is 0 Å². The molecule has 0 unspecified atom stereocenters. The van der Waals surface area contributed by atoms with Crippen molar-refractivity contribution in [2.24, 2.45) is 0 Å². The molecule has 0 radical (unpaired) electrons. The molecule has 1 saturated heterocycles. The molecule has 0 atom stereocenters. The van der Waals surface area contributed by atoms with Crippen molar-refractivity contribution in [3.05, 3.63) is 29.8 Å². The molecular formula is C19H28N2O2. The zero-order chi connectivity index (χ0) is 16.5. The van der Waals surface area contributed by atoms with Gasteiger partial charge in [0, 0.05) is 6.54 Å². The number of benzene rings is 1. The van der Waals surface area contributed by atoms with Crippen LogP contribution in [0.15, 0.2) is 24.3 Å². The first kappa shape index (κ1) is 16.3. The quantitative estimate of drug-likeness (QED) is 0.877. The molecule has 4 nitrogen and oxygen atoms in total. The van der Waals surface area contributed by atoms with Gasteiger partial charge in [0.05, 0.1) is 18.1 Å². The summed E-state index contributed by atoms with van der Waals surface area (Å²) in [6.07, 6.45) is 4.80. The molecule has 1 aromatic rings. The molecule has 3 rings (SSSR count). The lowest BCUT2D eigenvalue weighted by molar-refractivity contribution is -0.126. The number of likely N-dealkylation sites (tertiary alicyclic amines) is 1. The first-order valence-corrected chi connectivity index (χ1v) is 8.65. The number of amides is 1. The summed E-state index contributed by atoms with van der Waals surface area (Å²) in [5.41, 5.74) is 0.505. The van der Waals surface area contributed by atoms with Gasteiger partial charge < -0.3 is 15.0 Å². The third-order valence-electron chi connectivity index (χ3n) is 5.34. The highest BCUT2D eigenvalue weighted by atomic mass is 16.5. The highest BCUT2D eigenvalue weighted by Gasteiger charge is 2.47. The average Bonchev–Trinajstić information content (AvgIpc) is 3.09. The fourth-order valence-corrected chi connectivity index (χ4v) is 3.38. The Morgan fingerprint density at radius 3 is 2.35 bits per heavy atom. The molecule has 23 heavy (non-hydrogen) atoms. The lowest BCUT2D eigenvalue weighted by Gasteiger charge is -2.30. The van der Waals surface area contributed by atoms with Gasteiger partial charge in [-0.1, -0.05) is 12.1 Å². The number of carbonyl (C=O) groups excluding carboxylic acids is 1. The third kappa shape index (κ3) is 3.52. The Morgan fingerprint density at radius 1 is 1.22 bits per heavy atom. The molecule has 1 aromatic carbocycles. The smallest absolute Gasteiger partial charge is 0.230 e. The number of ether oxygens (including phenoxy) is 1. The number of rotatable bonds is 6. The van der Waals surface area contributed by atoms with Crippen LogP contribution in [0.5, 0.6) is 5.75 Å². The van der Waals surface area contributed by atoms with Crippen LogP contribution in [0, 0.1) is 0 Å². The summed E-state index contributed by atoms with van der Waals surface area (Å²) in [6, 6.07) is 7.81.